The highest BCUT2D eigenvalue weighted by atomic mass is 35.5. The first-order chi connectivity index (χ1) is 9.11. The van der Waals surface area contributed by atoms with Crippen molar-refractivity contribution in [2.24, 2.45) is 0 Å². The van der Waals surface area contributed by atoms with Crippen molar-refractivity contribution in [1.82, 2.24) is 9.78 Å². The maximum absolute atomic E-state index is 11.2. The van der Waals surface area contributed by atoms with Crippen molar-refractivity contribution in [3.8, 4) is 5.75 Å². The predicted molar refractivity (Wildman–Crippen MR) is 70.7 cm³/mol. The van der Waals surface area contributed by atoms with Crippen molar-refractivity contribution in [3.63, 3.8) is 0 Å². The van der Waals surface area contributed by atoms with Gasteiger partial charge in [-0.1, -0.05) is 29.3 Å². The van der Waals surface area contributed by atoms with Gasteiger partial charge in [0.15, 0.2) is 18.2 Å². The third-order valence-electron chi connectivity index (χ3n) is 2.30. The normalized spacial score (nSPS) is 10.3. The van der Waals surface area contributed by atoms with Crippen LogP contribution in [0, 0.1) is 0 Å². The maximum Gasteiger partial charge on any atom is 0.358 e. The highest BCUT2D eigenvalue weighted by Crippen LogP contribution is 2.32. The molecule has 19 heavy (non-hydrogen) atoms. The molecule has 2 rings (SSSR count). The van der Waals surface area contributed by atoms with E-state index in [0.717, 1.165) is 0 Å². The molecule has 0 spiro atoms. The molecule has 0 amide bonds. The molecule has 0 aliphatic heterocycles. The topological polar surface area (TPSA) is 53.4 Å². The first kappa shape index (κ1) is 13.7. The molecule has 0 unspecified atom stereocenters. The van der Waals surface area contributed by atoms with E-state index in [-0.39, 0.29) is 12.4 Å². The van der Waals surface area contributed by atoms with Crippen LogP contribution in [0.5, 0.6) is 5.75 Å². The van der Waals surface area contributed by atoms with Crippen molar-refractivity contribution in [2.45, 2.75) is 6.73 Å². The number of nitrogens with zero attached hydrogens (tertiary/aromatic N) is 2. The van der Waals surface area contributed by atoms with Gasteiger partial charge in [0.2, 0.25) is 0 Å². The molecule has 0 N–H and O–H groups in total. The van der Waals surface area contributed by atoms with Crippen molar-refractivity contribution < 1.29 is 14.3 Å². The fraction of sp³-hybridized carbons (Fsp3) is 0.167. The van der Waals surface area contributed by atoms with E-state index in [1.807, 2.05) is 0 Å². The van der Waals surface area contributed by atoms with Crippen LogP contribution in [0.1, 0.15) is 10.5 Å². The Bertz CT molecular complexity index is 578. The molecule has 1 aromatic heterocycles. The summed E-state index contributed by atoms with van der Waals surface area (Å²) in [4.78, 5) is 11.2. The van der Waals surface area contributed by atoms with E-state index in [1.54, 1.807) is 24.4 Å². The minimum atomic E-state index is -0.505. The smallest absolute Gasteiger partial charge is 0.358 e. The first-order valence-corrected chi connectivity index (χ1v) is 6.06. The molecule has 0 fully saturated rings. The highest BCUT2D eigenvalue weighted by molar-refractivity contribution is 6.37. The van der Waals surface area contributed by atoms with Crippen molar-refractivity contribution in [3.05, 3.63) is 46.2 Å². The third-order valence-corrected chi connectivity index (χ3v) is 2.89. The van der Waals surface area contributed by atoms with E-state index >= 15 is 0 Å². The summed E-state index contributed by atoms with van der Waals surface area (Å²) in [5.41, 5.74) is 0.205. The Morgan fingerprint density at radius 2 is 2.00 bits per heavy atom. The number of benzene rings is 1. The molecule has 1 aromatic carbocycles. The Morgan fingerprint density at radius 3 is 2.63 bits per heavy atom. The summed E-state index contributed by atoms with van der Waals surface area (Å²) in [5.74, 6) is -0.129. The largest absolute Gasteiger partial charge is 0.468 e. The summed E-state index contributed by atoms with van der Waals surface area (Å²) in [7, 11) is 1.29. The summed E-state index contributed by atoms with van der Waals surface area (Å²) in [5, 5.41) is 4.81. The van der Waals surface area contributed by atoms with Gasteiger partial charge in [-0.05, 0) is 18.2 Å². The van der Waals surface area contributed by atoms with Crippen LogP contribution >= 0.6 is 23.2 Å². The second-order valence-corrected chi connectivity index (χ2v) is 4.37. The van der Waals surface area contributed by atoms with Crippen LogP contribution < -0.4 is 4.74 Å². The maximum atomic E-state index is 11.2. The number of hydrogen-bond donors (Lipinski definition) is 0. The van der Waals surface area contributed by atoms with E-state index in [4.69, 9.17) is 27.9 Å². The van der Waals surface area contributed by atoms with Crippen LogP contribution in [0.3, 0.4) is 0 Å². The fourth-order valence-electron chi connectivity index (χ4n) is 1.40. The molecule has 0 saturated heterocycles. The Balaban J connectivity index is 2.07. The number of carbonyl (C=O) groups excluding carboxylic acids is 1. The molecular weight excluding hydrogens is 291 g/mol. The van der Waals surface area contributed by atoms with E-state index in [0.29, 0.717) is 15.8 Å². The van der Waals surface area contributed by atoms with Gasteiger partial charge in [-0.2, -0.15) is 5.10 Å². The van der Waals surface area contributed by atoms with Gasteiger partial charge in [0.25, 0.3) is 0 Å². The molecular formula is C12H10Cl2N2O3. The van der Waals surface area contributed by atoms with Gasteiger partial charge in [-0.25, -0.2) is 9.48 Å². The van der Waals surface area contributed by atoms with Gasteiger partial charge >= 0.3 is 5.97 Å². The lowest BCUT2D eigenvalue weighted by atomic mass is 10.3. The van der Waals surface area contributed by atoms with Crippen LogP contribution in [-0.2, 0) is 11.5 Å². The van der Waals surface area contributed by atoms with Crippen LogP contribution in [0.4, 0.5) is 0 Å². The van der Waals surface area contributed by atoms with E-state index in [2.05, 4.69) is 9.84 Å². The lowest BCUT2D eigenvalue weighted by Crippen LogP contribution is -2.09. The number of aromatic nitrogens is 2. The van der Waals surface area contributed by atoms with Gasteiger partial charge in [0.05, 0.1) is 17.2 Å². The zero-order chi connectivity index (χ0) is 13.8. The molecule has 0 aliphatic carbocycles. The van der Waals surface area contributed by atoms with Crippen LogP contribution in [-0.4, -0.2) is 22.9 Å². The molecule has 100 valence electrons. The van der Waals surface area contributed by atoms with E-state index in [9.17, 15) is 4.79 Å². The summed E-state index contributed by atoms with van der Waals surface area (Å²) >= 11 is 11.9. The first-order valence-electron chi connectivity index (χ1n) is 5.30. The van der Waals surface area contributed by atoms with Gasteiger partial charge in [0.1, 0.15) is 0 Å². The number of esters is 1. The molecule has 1 heterocycles. The number of carbonyl (C=O) groups is 1. The Kier molecular flexibility index (Phi) is 4.29. The lowest BCUT2D eigenvalue weighted by Gasteiger charge is -2.09. The Morgan fingerprint density at radius 1 is 1.32 bits per heavy atom. The number of rotatable bonds is 4. The van der Waals surface area contributed by atoms with Crippen LogP contribution in [0.15, 0.2) is 30.5 Å². The molecule has 0 aliphatic rings. The summed E-state index contributed by atoms with van der Waals surface area (Å²) in [6, 6.07) is 6.60. The van der Waals surface area contributed by atoms with Gasteiger partial charge in [0, 0.05) is 6.20 Å². The predicted octanol–water partition coefficient (Wildman–Crippen LogP) is 3.01. The standard InChI is InChI=1S/C12H10Cl2N2O3/c1-18-12(17)10-5-6-16(15-10)7-19-11-8(13)3-2-4-9(11)14/h2-6H,7H2,1H3. The summed E-state index contributed by atoms with van der Waals surface area (Å²) in [6.45, 7) is 0.0838. The monoisotopic (exact) mass is 300 g/mol. The van der Waals surface area contributed by atoms with E-state index in [1.165, 1.54) is 17.9 Å². The zero-order valence-corrected chi connectivity index (χ0v) is 11.5. The number of ether oxygens (including phenoxy) is 2. The minimum absolute atomic E-state index is 0.0838. The number of methoxy groups -OCH3 is 1. The molecule has 5 nitrogen and oxygen atoms in total. The second kappa shape index (κ2) is 5.95. The van der Waals surface area contributed by atoms with Gasteiger partial charge < -0.3 is 9.47 Å². The van der Waals surface area contributed by atoms with Crippen molar-refractivity contribution in [1.29, 1.82) is 0 Å². The lowest BCUT2D eigenvalue weighted by molar-refractivity contribution is 0.0592. The molecule has 0 radical (unpaired) electrons. The van der Waals surface area contributed by atoms with Crippen LogP contribution in [0.2, 0.25) is 10.0 Å². The minimum Gasteiger partial charge on any atom is -0.468 e. The summed E-state index contributed by atoms with van der Waals surface area (Å²) in [6.07, 6.45) is 1.59. The zero-order valence-electron chi connectivity index (χ0n) is 9.97. The van der Waals surface area contributed by atoms with E-state index < -0.39 is 5.97 Å². The van der Waals surface area contributed by atoms with Crippen LogP contribution in [0.25, 0.3) is 0 Å². The second-order valence-electron chi connectivity index (χ2n) is 3.56. The molecule has 2 aromatic rings. The van der Waals surface area contributed by atoms with Crippen molar-refractivity contribution in [2.75, 3.05) is 7.11 Å². The number of halogens is 2. The molecule has 0 bridgehead atoms. The fourth-order valence-corrected chi connectivity index (χ4v) is 1.90. The highest BCUT2D eigenvalue weighted by Gasteiger charge is 2.10. The van der Waals surface area contributed by atoms with Gasteiger partial charge in [-0.3, -0.25) is 0 Å². The molecule has 7 heteroatoms. The SMILES string of the molecule is COC(=O)c1ccn(COc2c(Cl)cccc2Cl)n1. The average molecular weight is 301 g/mol. The molecule has 0 saturated carbocycles. The Labute approximate surface area is 119 Å². The average Bonchev–Trinajstić information content (AvgIpc) is 2.86. The molecule has 0 atom stereocenters. The Hall–Kier alpha value is -1.72. The summed E-state index contributed by atoms with van der Waals surface area (Å²) < 4.78 is 11.5. The third kappa shape index (κ3) is 3.19. The quantitative estimate of drug-likeness (QED) is 0.815. The number of hydrogen-bond acceptors (Lipinski definition) is 4. The van der Waals surface area contributed by atoms with Crippen molar-refractivity contribution >= 4 is 29.2 Å². The number of para-hydroxylation sites is 1. The van der Waals surface area contributed by atoms with Gasteiger partial charge in [-0.15, -0.1) is 0 Å².